The van der Waals surface area contributed by atoms with Crippen molar-refractivity contribution in [2.45, 2.75) is 63.6 Å². The van der Waals surface area contributed by atoms with Crippen LogP contribution in [0.25, 0.3) is 0 Å². The molecule has 2 unspecified atom stereocenters. The zero-order valence-corrected chi connectivity index (χ0v) is 16.1. The molecule has 20 heavy (non-hydrogen) atoms. The Bertz CT molecular complexity index is 271. The SMILES string of the molecule is CCC1(CC)CCC[Si](OC)(OC)C1(CCCP)OC. The highest BCUT2D eigenvalue weighted by Gasteiger charge is 2.68. The molecule has 1 fully saturated rings. The van der Waals surface area contributed by atoms with Gasteiger partial charge in [-0.2, -0.15) is 0 Å². The largest absolute Gasteiger partial charge is 0.396 e. The summed E-state index contributed by atoms with van der Waals surface area (Å²) < 4.78 is 18.4. The van der Waals surface area contributed by atoms with Crippen molar-refractivity contribution in [1.29, 1.82) is 0 Å². The Hall–Kier alpha value is 0.527. The lowest BCUT2D eigenvalue weighted by Gasteiger charge is -2.59. The van der Waals surface area contributed by atoms with Crippen LogP contribution >= 0.6 is 9.24 Å². The van der Waals surface area contributed by atoms with Gasteiger partial charge < -0.3 is 13.6 Å². The van der Waals surface area contributed by atoms with E-state index in [1.807, 2.05) is 21.3 Å². The van der Waals surface area contributed by atoms with Gasteiger partial charge in [-0.1, -0.05) is 20.3 Å². The lowest BCUT2D eigenvalue weighted by Crippen LogP contribution is -2.72. The number of methoxy groups -OCH3 is 1. The lowest BCUT2D eigenvalue weighted by atomic mass is 9.71. The lowest BCUT2D eigenvalue weighted by molar-refractivity contribution is -0.112. The van der Waals surface area contributed by atoms with Crippen molar-refractivity contribution in [3.8, 4) is 0 Å². The molecule has 0 spiro atoms. The van der Waals surface area contributed by atoms with Gasteiger partial charge in [0.05, 0.1) is 0 Å². The third kappa shape index (κ3) is 2.63. The Kier molecular flexibility index (Phi) is 7.14. The van der Waals surface area contributed by atoms with Crippen molar-refractivity contribution in [1.82, 2.24) is 0 Å². The minimum absolute atomic E-state index is 0.193. The molecule has 0 amide bonds. The molecule has 1 saturated heterocycles. The van der Waals surface area contributed by atoms with Crippen molar-refractivity contribution in [2.75, 3.05) is 27.5 Å². The summed E-state index contributed by atoms with van der Waals surface area (Å²) in [4.78, 5) is 0. The topological polar surface area (TPSA) is 27.7 Å². The van der Waals surface area contributed by atoms with Gasteiger partial charge in [0.1, 0.15) is 5.22 Å². The van der Waals surface area contributed by atoms with Crippen LogP contribution in [0.5, 0.6) is 0 Å². The molecule has 2 atom stereocenters. The summed E-state index contributed by atoms with van der Waals surface area (Å²) in [5.74, 6) is 0. The van der Waals surface area contributed by atoms with Gasteiger partial charge in [0.25, 0.3) is 0 Å². The maximum absolute atomic E-state index is 6.28. The van der Waals surface area contributed by atoms with E-state index >= 15 is 0 Å². The van der Waals surface area contributed by atoms with E-state index in [9.17, 15) is 0 Å². The zero-order valence-electron chi connectivity index (χ0n) is 14.0. The Morgan fingerprint density at radius 2 is 1.70 bits per heavy atom. The van der Waals surface area contributed by atoms with Gasteiger partial charge in [-0.15, -0.1) is 9.24 Å². The summed E-state index contributed by atoms with van der Waals surface area (Å²) in [6.45, 7) is 4.60. The third-order valence-electron chi connectivity index (χ3n) is 5.73. The predicted molar refractivity (Wildman–Crippen MR) is 90.4 cm³/mol. The number of hydrogen-bond acceptors (Lipinski definition) is 3. The first-order valence-corrected chi connectivity index (χ1v) is 10.8. The molecule has 0 N–H and O–H groups in total. The van der Waals surface area contributed by atoms with Gasteiger partial charge in [-0.25, -0.2) is 0 Å². The molecular weight excluding hydrogens is 287 g/mol. The van der Waals surface area contributed by atoms with Crippen LogP contribution in [0.1, 0.15) is 52.4 Å². The highest BCUT2D eigenvalue weighted by atomic mass is 31.0. The molecule has 5 heteroatoms. The highest BCUT2D eigenvalue weighted by Crippen LogP contribution is 2.57. The molecule has 1 aliphatic heterocycles. The van der Waals surface area contributed by atoms with Crippen LogP contribution in [-0.2, 0) is 13.6 Å². The summed E-state index contributed by atoms with van der Waals surface area (Å²) in [7, 11) is 6.00. The van der Waals surface area contributed by atoms with Crippen molar-refractivity contribution < 1.29 is 13.6 Å². The molecular formula is C15H33O3PSi. The fourth-order valence-corrected chi connectivity index (χ4v) is 9.18. The zero-order chi connectivity index (χ0) is 15.3. The van der Waals surface area contributed by atoms with Crippen LogP contribution in [-0.4, -0.2) is 41.3 Å². The van der Waals surface area contributed by atoms with Gasteiger partial charge in [0.15, 0.2) is 0 Å². The van der Waals surface area contributed by atoms with Crippen molar-refractivity contribution >= 4 is 17.8 Å². The summed E-state index contributed by atoms with van der Waals surface area (Å²) in [5, 5.41) is -0.220. The molecule has 1 heterocycles. The fourth-order valence-electron chi connectivity index (χ4n) is 4.54. The molecule has 120 valence electrons. The van der Waals surface area contributed by atoms with Crippen LogP contribution in [0.3, 0.4) is 0 Å². The summed E-state index contributed by atoms with van der Waals surface area (Å²) in [6.07, 6.45) is 7.98. The summed E-state index contributed by atoms with van der Waals surface area (Å²) >= 11 is 0. The van der Waals surface area contributed by atoms with Crippen LogP contribution < -0.4 is 0 Å². The molecule has 1 rings (SSSR count). The monoisotopic (exact) mass is 320 g/mol. The molecule has 3 nitrogen and oxygen atoms in total. The molecule has 1 aliphatic rings. The molecule has 0 radical (unpaired) electrons. The first-order chi connectivity index (χ1) is 9.57. The fraction of sp³-hybridized carbons (Fsp3) is 1.00. The van der Waals surface area contributed by atoms with Crippen molar-refractivity contribution in [2.24, 2.45) is 5.41 Å². The Labute approximate surface area is 128 Å². The highest BCUT2D eigenvalue weighted by molar-refractivity contribution is 7.16. The van der Waals surface area contributed by atoms with Gasteiger partial charge in [-0.3, -0.25) is 0 Å². The van der Waals surface area contributed by atoms with E-state index in [-0.39, 0.29) is 10.6 Å². The minimum Gasteiger partial charge on any atom is -0.396 e. The summed E-state index contributed by atoms with van der Waals surface area (Å²) in [5.41, 5.74) is 0.193. The second-order valence-corrected chi connectivity index (χ2v) is 10.1. The standard InChI is InChI=1S/C15H33O3PSi/c1-6-14(7-2)10-9-13-20(17-4,18-5)15(14,16-3)11-8-12-19/h6-13,19H2,1-5H3. The van der Waals surface area contributed by atoms with E-state index in [2.05, 4.69) is 23.1 Å². The average Bonchev–Trinajstić information content (AvgIpc) is 2.52. The van der Waals surface area contributed by atoms with E-state index in [0.29, 0.717) is 0 Å². The van der Waals surface area contributed by atoms with E-state index < -0.39 is 8.56 Å². The van der Waals surface area contributed by atoms with E-state index in [1.165, 1.54) is 12.8 Å². The van der Waals surface area contributed by atoms with E-state index in [1.54, 1.807) is 0 Å². The van der Waals surface area contributed by atoms with Crippen LogP contribution in [0.2, 0.25) is 6.04 Å². The Balaban J connectivity index is 3.36. The van der Waals surface area contributed by atoms with E-state index in [0.717, 1.165) is 37.9 Å². The smallest absolute Gasteiger partial charge is 0.371 e. The Morgan fingerprint density at radius 3 is 2.10 bits per heavy atom. The molecule has 0 aliphatic carbocycles. The number of ether oxygens (including phenoxy) is 1. The quantitative estimate of drug-likeness (QED) is 0.501. The minimum atomic E-state index is -2.36. The summed E-state index contributed by atoms with van der Waals surface area (Å²) in [6, 6.07) is 1.05. The van der Waals surface area contributed by atoms with Crippen LogP contribution in [0.4, 0.5) is 0 Å². The first-order valence-electron chi connectivity index (χ1n) is 7.93. The second-order valence-electron chi connectivity index (χ2n) is 5.93. The molecule has 0 bridgehead atoms. The number of hydrogen-bond donors (Lipinski definition) is 0. The van der Waals surface area contributed by atoms with Gasteiger partial charge >= 0.3 is 8.56 Å². The van der Waals surface area contributed by atoms with Gasteiger partial charge in [0.2, 0.25) is 0 Å². The molecule has 0 saturated carbocycles. The normalized spacial score (nSPS) is 28.5. The van der Waals surface area contributed by atoms with Gasteiger partial charge in [-0.05, 0) is 44.3 Å². The first kappa shape index (κ1) is 18.6. The maximum atomic E-state index is 6.28. The Morgan fingerprint density at radius 1 is 1.10 bits per heavy atom. The third-order valence-corrected chi connectivity index (χ3v) is 10.7. The molecule has 0 aromatic carbocycles. The maximum Gasteiger partial charge on any atom is 0.371 e. The van der Waals surface area contributed by atoms with Crippen LogP contribution in [0.15, 0.2) is 0 Å². The van der Waals surface area contributed by atoms with Crippen molar-refractivity contribution in [3.63, 3.8) is 0 Å². The van der Waals surface area contributed by atoms with Gasteiger partial charge in [0, 0.05) is 26.7 Å². The number of rotatable bonds is 8. The van der Waals surface area contributed by atoms with Crippen LogP contribution in [0, 0.1) is 5.41 Å². The average molecular weight is 320 g/mol. The predicted octanol–water partition coefficient (Wildman–Crippen LogP) is 3.90. The molecule has 0 aromatic rings. The van der Waals surface area contributed by atoms with E-state index in [4.69, 9.17) is 13.6 Å². The van der Waals surface area contributed by atoms with Crippen molar-refractivity contribution in [3.05, 3.63) is 0 Å². The second kappa shape index (κ2) is 7.69. The molecule has 0 aromatic heterocycles.